The predicted molar refractivity (Wildman–Crippen MR) is 44.4 cm³/mol. The lowest BCUT2D eigenvalue weighted by molar-refractivity contribution is 0.161. The van der Waals surface area contributed by atoms with Crippen LogP contribution in [0.2, 0.25) is 0 Å². The van der Waals surface area contributed by atoms with E-state index in [1.54, 1.807) is 13.8 Å². The summed E-state index contributed by atoms with van der Waals surface area (Å²) in [5, 5.41) is 0. The largest absolute Gasteiger partial charge is 0.472 e. The molecule has 10 heavy (non-hydrogen) atoms. The van der Waals surface area contributed by atoms with Crippen LogP contribution in [0.4, 0.5) is 0 Å². The first kappa shape index (κ1) is 13.0. The van der Waals surface area contributed by atoms with E-state index >= 15 is 0 Å². The molecular formula is C4H15O4PSi. The molecular weight excluding hydrogens is 171 g/mol. The summed E-state index contributed by atoms with van der Waals surface area (Å²) in [6, 6.07) is 0. The van der Waals surface area contributed by atoms with Crippen LogP contribution in [-0.4, -0.2) is 29.1 Å². The zero-order valence-corrected chi connectivity index (χ0v) is 6.43. The van der Waals surface area contributed by atoms with E-state index in [1.165, 1.54) is 0 Å². The third-order valence-corrected chi connectivity index (χ3v) is 1.75. The van der Waals surface area contributed by atoms with Crippen molar-refractivity contribution in [2.75, 3.05) is 13.2 Å². The van der Waals surface area contributed by atoms with E-state index in [9.17, 15) is 4.57 Å². The summed E-state index contributed by atoms with van der Waals surface area (Å²) in [7, 11) is -3.69. The van der Waals surface area contributed by atoms with Crippen LogP contribution in [0, 0.1) is 0 Å². The van der Waals surface area contributed by atoms with Gasteiger partial charge in [-0.25, -0.2) is 4.57 Å². The van der Waals surface area contributed by atoms with Gasteiger partial charge in [0.25, 0.3) is 0 Å². The van der Waals surface area contributed by atoms with Crippen molar-refractivity contribution in [3.63, 3.8) is 0 Å². The molecule has 0 amide bonds. The van der Waals surface area contributed by atoms with Gasteiger partial charge >= 0.3 is 7.82 Å². The van der Waals surface area contributed by atoms with E-state index in [-0.39, 0.29) is 24.2 Å². The molecule has 1 N–H and O–H groups in total. The lowest BCUT2D eigenvalue weighted by atomic mass is 10.9. The zero-order chi connectivity index (χ0) is 7.33. The Hall–Kier alpha value is 0.327. The maximum absolute atomic E-state index is 10.5. The number of phosphoric ester groups is 1. The molecule has 0 aliphatic heterocycles. The standard InChI is InChI=1S/C4H11O4P.H4Si/c1-3-7-9(5,6)8-4-2;/h3-4H2,1-2H3,(H,5,6);1H4. The summed E-state index contributed by atoms with van der Waals surface area (Å²) in [6.07, 6.45) is 0. The van der Waals surface area contributed by atoms with E-state index < -0.39 is 7.82 Å². The fraction of sp³-hybridized carbons (Fsp3) is 1.00. The third kappa shape index (κ3) is 6.45. The van der Waals surface area contributed by atoms with Gasteiger partial charge in [0.05, 0.1) is 13.2 Å². The summed E-state index contributed by atoms with van der Waals surface area (Å²) in [5.74, 6) is 0. The Balaban J connectivity index is 0. The molecule has 0 aliphatic carbocycles. The van der Waals surface area contributed by atoms with Gasteiger partial charge in [-0.05, 0) is 24.8 Å². The van der Waals surface area contributed by atoms with Gasteiger partial charge in [0, 0.05) is 0 Å². The SMILES string of the molecule is CCOP(=O)(O)OCC.[SiH4]. The predicted octanol–water partition coefficient (Wildman–Crippen LogP) is -0.292. The Morgan fingerprint density at radius 2 is 1.60 bits per heavy atom. The normalized spacial score (nSPS) is 10.7. The lowest BCUT2D eigenvalue weighted by Gasteiger charge is -2.07. The molecule has 0 aromatic carbocycles. The van der Waals surface area contributed by atoms with Gasteiger partial charge in [0.2, 0.25) is 0 Å². The van der Waals surface area contributed by atoms with E-state index in [1.807, 2.05) is 0 Å². The van der Waals surface area contributed by atoms with Gasteiger partial charge in [0.1, 0.15) is 0 Å². The highest BCUT2D eigenvalue weighted by molar-refractivity contribution is 7.47. The summed E-state index contributed by atoms with van der Waals surface area (Å²) in [4.78, 5) is 8.63. The van der Waals surface area contributed by atoms with Crippen LogP contribution in [-0.2, 0) is 13.6 Å². The average molecular weight is 186 g/mol. The second kappa shape index (κ2) is 6.06. The topological polar surface area (TPSA) is 55.8 Å². The van der Waals surface area contributed by atoms with Crippen molar-refractivity contribution in [3.8, 4) is 0 Å². The third-order valence-electron chi connectivity index (χ3n) is 0.584. The van der Waals surface area contributed by atoms with Gasteiger partial charge < -0.3 is 4.89 Å². The van der Waals surface area contributed by atoms with Crippen molar-refractivity contribution in [2.45, 2.75) is 13.8 Å². The van der Waals surface area contributed by atoms with E-state index in [2.05, 4.69) is 9.05 Å². The molecule has 0 aromatic rings. The van der Waals surface area contributed by atoms with Crippen LogP contribution in [0.1, 0.15) is 13.8 Å². The van der Waals surface area contributed by atoms with Crippen molar-refractivity contribution in [1.29, 1.82) is 0 Å². The van der Waals surface area contributed by atoms with Crippen LogP contribution in [0.25, 0.3) is 0 Å². The molecule has 0 fully saturated rings. The highest BCUT2D eigenvalue weighted by atomic mass is 31.2. The van der Waals surface area contributed by atoms with Crippen molar-refractivity contribution >= 4 is 18.8 Å². The van der Waals surface area contributed by atoms with E-state index in [0.717, 1.165) is 0 Å². The molecule has 0 bridgehead atoms. The van der Waals surface area contributed by atoms with Gasteiger partial charge in [-0.3, -0.25) is 9.05 Å². The maximum atomic E-state index is 10.5. The van der Waals surface area contributed by atoms with Gasteiger partial charge in [-0.2, -0.15) is 0 Å². The van der Waals surface area contributed by atoms with Crippen molar-refractivity contribution < 1.29 is 18.5 Å². The van der Waals surface area contributed by atoms with Crippen molar-refractivity contribution in [1.82, 2.24) is 0 Å². The Morgan fingerprint density at radius 3 is 1.80 bits per heavy atom. The molecule has 6 heteroatoms. The molecule has 0 saturated carbocycles. The number of phosphoric acid groups is 1. The average Bonchev–Trinajstić information content (AvgIpc) is 1.64. The molecule has 4 nitrogen and oxygen atoms in total. The fourth-order valence-corrected chi connectivity index (χ4v) is 1.09. The van der Waals surface area contributed by atoms with Crippen LogP contribution >= 0.6 is 7.82 Å². The molecule has 0 aromatic heterocycles. The minimum atomic E-state index is -3.69. The molecule has 0 aliphatic rings. The molecule has 0 spiro atoms. The maximum Gasteiger partial charge on any atom is 0.472 e. The number of hydrogen-bond donors (Lipinski definition) is 1. The second-order valence-electron chi connectivity index (χ2n) is 1.30. The first-order chi connectivity index (χ1) is 4.12. The highest BCUT2D eigenvalue weighted by Crippen LogP contribution is 2.42. The second-order valence-corrected chi connectivity index (χ2v) is 2.76. The number of hydrogen-bond acceptors (Lipinski definition) is 3. The summed E-state index contributed by atoms with van der Waals surface area (Å²) < 4.78 is 19.2. The Bertz CT molecular complexity index is 108. The molecule has 0 unspecified atom stereocenters. The monoisotopic (exact) mass is 186 g/mol. The van der Waals surface area contributed by atoms with Gasteiger partial charge in [-0.15, -0.1) is 0 Å². The first-order valence-electron chi connectivity index (χ1n) is 2.74. The van der Waals surface area contributed by atoms with Crippen LogP contribution in [0.15, 0.2) is 0 Å². The Kier molecular flexibility index (Phi) is 7.86. The molecule has 0 saturated heterocycles. The van der Waals surface area contributed by atoms with E-state index in [0.29, 0.717) is 0 Å². The molecule has 0 heterocycles. The quantitative estimate of drug-likeness (QED) is 0.484. The fourth-order valence-electron chi connectivity index (χ4n) is 0.364. The van der Waals surface area contributed by atoms with Gasteiger partial charge in [-0.1, -0.05) is 0 Å². The molecule has 0 atom stereocenters. The van der Waals surface area contributed by atoms with Crippen molar-refractivity contribution in [2.24, 2.45) is 0 Å². The van der Waals surface area contributed by atoms with Crippen LogP contribution in [0.5, 0.6) is 0 Å². The summed E-state index contributed by atoms with van der Waals surface area (Å²) >= 11 is 0. The minimum Gasteiger partial charge on any atom is -0.302 e. The highest BCUT2D eigenvalue weighted by Gasteiger charge is 2.17. The summed E-state index contributed by atoms with van der Waals surface area (Å²) in [6.45, 7) is 3.63. The van der Waals surface area contributed by atoms with Crippen LogP contribution in [0.3, 0.4) is 0 Å². The van der Waals surface area contributed by atoms with Crippen LogP contribution < -0.4 is 0 Å². The first-order valence-corrected chi connectivity index (χ1v) is 4.23. The number of rotatable bonds is 4. The molecule has 0 rings (SSSR count). The molecule has 0 radical (unpaired) electrons. The van der Waals surface area contributed by atoms with Gasteiger partial charge in [0.15, 0.2) is 0 Å². The lowest BCUT2D eigenvalue weighted by Crippen LogP contribution is -1.93. The smallest absolute Gasteiger partial charge is 0.302 e. The Morgan fingerprint density at radius 1 is 1.30 bits per heavy atom. The zero-order valence-electron chi connectivity index (χ0n) is 5.53. The van der Waals surface area contributed by atoms with E-state index in [4.69, 9.17) is 4.89 Å². The van der Waals surface area contributed by atoms with Crippen molar-refractivity contribution in [3.05, 3.63) is 0 Å². The minimum absolute atomic E-state index is 0. The summed E-state index contributed by atoms with van der Waals surface area (Å²) in [5.41, 5.74) is 0. The molecule has 64 valence electrons. The Labute approximate surface area is 65.2 Å².